The zero-order valence-electron chi connectivity index (χ0n) is 10.5. The Morgan fingerprint density at radius 1 is 1.16 bits per heavy atom. The molecule has 1 heterocycles. The summed E-state index contributed by atoms with van der Waals surface area (Å²) in [7, 11) is 0. The molecule has 0 unspecified atom stereocenters. The fourth-order valence-electron chi connectivity index (χ4n) is 2.47. The lowest BCUT2D eigenvalue weighted by molar-refractivity contribution is -0.384. The summed E-state index contributed by atoms with van der Waals surface area (Å²) in [4.78, 5) is 26.2. The number of amides is 1. The van der Waals surface area contributed by atoms with Gasteiger partial charge >= 0.3 is 0 Å². The number of nitrogens with zero attached hydrogens (tertiary/aromatic N) is 3. The van der Waals surface area contributed by atoms with Crippen LogP contribution in [-0.4, -0.2) is 41.4 Å². The van der Waals surface area contributed by atoms with E-state index in [9.17, 15) is 14.9 Å². The monoisotopic (exact) mass is 261 g/mol. The van der Waals surface area contributed by atoms with Gasteiger partial charge in [-0.2, -0.15) is 0 Å². The number of benzene rings is 1. The minimum absolute atomic E-state index is 0.0489. The van der Waals surface area contributed by atoms with Crippen molar-refractivity contribution in [3.8, 4) is 0 Å². The number of non-ortho nitro benzene ring substituents is 1. The molecule has 1 aromatic carbocycles. The van der Waals surface area contributed by atoms with E-state index in [1.165, 1.54) is 25.0 Å². The second-order valence-electron chi connectivity index (χ2n) is 5.02. The third kappa shape index (κ3) is 2.44. The van der Waals surface area contributed by atoms with Crippen LogP contribution in [0.4, 0.5) is 11.4 Å². The summed E-state index contributed by atoms with van der Waals surface area (Å²) in [6, 6.07) is 6.76. The molecule has 2 aliphatic rings. The summed E-state index contributed by atoms with van der Waals surface area (Å²) in [6.07, 6.45) is 2.40. The van der Waals surface area contributed by atoms with Crippen molar-refractivity contribution in [3.63, 3.8) is 0 Å². The third-order valence-corrected chi connectivity index (χ3v) is 3.69. The molecule has 0 bridgehead atoms. The van der Waals surface area contributed by atoms with Crippen molar-refractivity contribution >= 4 is 17.3 Å². The first kappa shape index (κ1) is 12.1. The van der Waals surface area contributed by atoms with Gasteiger partial charge in [-0.25, -0.2) is 0 Å². The molecule has 1 aliphatic heterocycles. The molecular weight excluding hydrogens is 246 g/mol. The summed E-state index contributed by atoms with van der Waals surface area (Å²) in [5, 5.41) is 10.6. The summed E-state index contributed by atoms with van der Waals surface area (Å²) in [6.45, 7) is 2.00. The molecule has 6 nitrogen and oxygen atoms in total. The van der Waals surface area contributed by atoms with Crippen molar-refractivity contribution in [2.45, 2.75) is 18.9 Å². The summed E-state index contributed by atoms with van der Waals surface area (Å²) in [5.74, 6) is 0.0759. The van der Waals surface area contributed by atoms with Gasteiger partial charge in [0.25, 0.3) is 5.69 Å². The highest BCUT2D eigenvalue weighted by molar-refractivity contribution is 5.95. The third-order valence-electron chi connectivity index (χ3n) is 3.69. The zero-order valence-corrected chi connectivity index (χ0v) is 10.5. The fourth-order valence-corrected chi connectivity index (χ4v) is 2.47. The first-order chi connectivity index (χ1) is 9.15. The lowest BCUT2D eigenvalue weighted by Gasteiger charge is -2.34. The predicted octanol–water partition coefficient (Wildman–Crippen LogP) is 1.41. The van der Waals surface area contributed by atoms with Gasteiger partial charge in [0, 0.05) is 37.0 Å². The van der Waals surface area contributed by atoms with Crippen LogP contribution in [-0.2, 0) is 4.79 Å². The molecule has 0 N–H and O–H groups in total. The van der Waals surface area contributed by atoms with Crippen molar-refractivity contribution in [2.24, 2.45) is 0 Å². The Morgan fingerprint density at radius 2 is 1.84 bits per heavy atom. The normalized spacial score (nSPS) is 20.6. The average molecular weight is 261 g/mol. The lowest BCUT2D eigenvalue weighted by atomic mass is 10.2. The van der Waals surface area contributed by atoms with E-state index in [0.717, 1.165) is 12.2 Å². The molecule has 6 heteroatoms. The van der Waals surface area contributed by atoms with Gasteiger partial charge in [-0.3, -0.25) is 19.8 Å². The standard InChI is InChI=1S/C13H15N3O3/c17-13-9-14(10-1-2-10)7-8-15(13)11-3-5-12(6-4-11)16(18)19/h3-6,10H,1-2,7-9H2. The number of hydrogen-bond donors (Lipinski definition) is 0. The molecule has 1 saturated carbocycles. The van der Waals surface area contributed by atoms with Gasteiger partial charge < -0.3 is 4.90 Å². The Morgan fingerprint density at radius 3 is 2.37 bits per heavy atom. The summed E-state index contributed by atoms with van der Waals surface area (Å²) in [5.41, 5.74) is 0.791. The van der Waals surface area contributed by atoms with E-state index in [0.29, 0.717) is 19.1 Å². The number of hydrogen-bond acceptors (Lipinski definition) is 4. The van der Waals surface area contributed by atoms with Crippen molar-refractivity contribution in [2.75, 3.05) is 24.5 Å². The van der Waals surface area contributed by atoms with E-state index in [1.54, 1.807) is 17.0 Å². The van der Waals surface area contributed by atoms with Crippen LogP contribution in [0.2, 0.25) is 0 Å². The van der Waals surface area contributed by atoms with Gasteiger partial charge in [0.2, 0.25) is 5.91 Å². The maximum Gasteiger partial charge on any atom is 0.269 e. The van der Waals surface area contributed by atoms with E-state index < -0.39 is 4.92 Å². The molecule has 1 amide bonds. The molecule has 3 rings (SSSR count). The van der Waals surface area contributed by atoms with E-state index in [1.807, 2.05) is 0 Å². The molecule has 1 saturated heterocycles. The molecule has 0 atom stereocenters. The Balaban J connectivity index is 1.71. The molecule has 100 valence electrons. The molecule has 1 aliphatic carbocycles. The average Bonchev–Trinajstić information content (AvgIpc) is 3.23. The number of rotatable bonds is 3. The van der Waals surface area contributed by atoms with Crippen LogP contribution in [0.1, 0.15) is 12.8 Å². The van der Waals surface area contributed by atoms with Crippen molar-refractivity contribution in [1.29, 1.82) is 0 Å². The second kappa shape index (κ2) is 4.62. The maximum absolute atomic E-state index is 12.1. The molecule has 0 radical (unpaired) electrons. The number of anilines is 1. The highest BCUT2D eigenvalue weighted by Gasteiger charge is 2.34. The summed E-state index contributed by atoms with van der Waals surface area (Å²) >= 11 is 0. The number of piperazine rings is 1. The van der Waals surface area contributed by atoms with Crippen LogP contribution in [0, 0.1) is 10.1 Å². The Labute approximate surface area is 110 Å². The highest BCUT2D eigenvalue weighted by Crippen LogP contribution is 2.29. The molecule has 0 aromatic heterocycles. The van der Waals surface area contributed by atoms with Crippen LogP contribution in [0.15, 0.2) is 24.3 Å². The molecule has 1 aromatic rings. The quantitative estimate of drug-likeness (QED) is 0.609. The van der Waals surface area contributed by atoms with Crippen molar-refractivity contribution in [3.05, 3.63) is 34.4 Å². The van der Waals surface area contributed by atoms with Crippen LogP contribution >= 0.6 is 0 Å². The zero-order chi connectivity index (χ0) is 13.4. The van der Waals surface area contributed by atoms with Crippen LogP contribution in [0.5, 0.6) is 0 Å². The molecule has 19 heavy (non-hydrogen) atoms. The van der Waals surface area contributed by atoms with Crippen LogP contribution < -0.4 is 4.90 Å². The van der Waals surface area contributed by atoms with Gasteiger partial charge in [0.05, 0.1) is 11.5 Å². The first-order valence-electron chi connectivity index (χ1n) is 6.44. The van der Waals surface area contributed by atoms with Gasteiger partial charge in [0.1, 0.15) is 0 Å². The minimum Gasteiger partial charge on any atom is -0.310 e. The topological polar surface area (TPSA) is 66.7 Å². The van der Waals surface area contributed by atoms with Gasteiger partial charge in [-0.05, 0) is 25.0 Å². The molecule has 2 fully saturated rings. The largest absolute Gasteiger partial charge is 0.310 e. The lowest BCUT2D eigenvalue weighted by Crippen LogP contribution is -2.51. The first-order valence-corrected chi connectivity index (χ1v) is 6.44. The number of carbonyl (C=O) groups is 1. The van der Waals surface area contributed by atoms with E-state index >= 15 is 0 Å². The van der Waals surface area contributed by atoms with Crippen molar-refractivity contribution < 1.29 is 9.72 Å². The summed E-state index contributed by atoms with van der Waals surface area (Å²) < 4.78 is 0. The Kier molecular flexibility index (Phi) is 2.94. The minimum atomic E-state index is -0.434. The van der Waals surface area contributed by atoms with Gasteiger partial charge in [0.15, 0.2) is 0 Å². The SMILES string of the molecule is O=C1CN(C2CC2)CCN1c1ccc([N+](=O)[O-])cc1. The molecular formula is C13H15N3O3. The number of nitro groups is 1. The van der Waals surface area contributed by atoms with Crippen LogP contribution in [0.25, 0.3) is 0 Å². The van der Waals surface area contributed by atoms with Crippen LogP contribution in [0.3, 0.4) is 0 Å². The fraction of sp³-hybridized carbons (Fsp3) is 0.462. The maximum atomic E-state index is 12.1. The van der Waals surface area contributed by atoms with E-state index in [4.69, 9.17) is 0 Å². The Hall–Kier alpha value is -1.95. The Bertz CT molecular complexity index is 510. The molecule has 0 spiro atoms. The predicted molar refractivity (Wildman–Crippen MR) is 70.0 cm³/mol. The highest BCUT2D eigenvalue weighted by atomic mass is 16.6. The van der Waals surface area contributed by atoms with Gasteiger partial charge in [-0.1, -0.05) is 0 Å². The van der Waals surface area contributed by atoms with E-state index in [2.05, 4.69) is 4.90 Å². The smallest absolute Gasteiger partial charge is 0.269 e. The number of nitro benzene ring substituents is 1. The second-order valence-corrected chi connectivity index (χ2v) is 5.02. The van der Waals surface area contributed by atoms with Gasteiger partial charge in [-0.15, -0.1) is 0 Å². The van der Waals surface area contributed by atoms with E-state index in [-0.39, 0.29) is 11.6 Å². The van der Waals surface area contributed by atoms with Crippen molar-refractivity contribution in [1.82, 2.24) is 4.90 Å². The number of carbonyl (C=O) groups excluding carboxylic acids is 1.